The zero-order valence-corrected chi connectivity index (χ0v) is 20.9. The van der Waals surface area contributed by atoms with E-state index < -0.39 is 26.3 Å². The molecule has 0 aromatic carbocycles. The fourth-order valence-electron chi connectivity index (χ4n) is 4.37. The number of rotatable bonds is 7. The number of piperidine rings is 1. The van der Waals surface area contributed by atoms with Crippen molar-refractivity contribution in [3.63, 3.8) is 0 Å². The summed E-state index contributed by atoms with van der Waals surface area (Å²) < 4.78 is 38.4. The Labute approximate surface area is 191 Å². The first kappa shape index (κ1) is 24.7. The molecular weight excluding hydrogens is 434 g/mol. The number of hydrogen-bond donors (Lipinski definition) is 0. The highest BCUT2D eigenvalue weighted by atomic mass is 32.2. The first-order valence-corrected chi connectivity index (χ1v) is 13.7. The van der Waals surface area contributed by atoms with Gasteiger partial charge in [-0.05, 0) is 64.5 Å². The lowest BCUT2D eigenvalue weighted by molar-refractivity contribution is -0.161. The molecule has 2 fully saturated rings. The van der Waals surface area contributed by atoms with Gasteiger partial charge in [0, 0.05) is 48.9 Å². The van der Waals surface area contributed by atoms with Crippen LogP contribution in [0.5, 0.6) is 0 Å². The van der Waals surface area contributed by atoms with Gasteiger partial charge in [0.25, 0.3) is 0 Å². The van der Waals surface area contributed by atoms with Gasteiger partial charge in [0.05, 0.1) is 0 Å². The average Bonchev–Trinajstić information content (AvgIpc) is 3.20. The van der Waals surface area contributed by atoms with Crippen LogP contribution < -0.4 is 0 Å². The number of thiophene rings is 1. The molecule has 0 aliphatic carbocycles. The molecule has 0 bridgehead atoms. The molecule has 176 valence electrons. The summed E-state index contributed by atoms with van der Waals surface area (Å²) in [5.41, 5.74) is -0.737. The molecule has 2 saturated heterocycles. The first-order valence-electron chi connectivity index (χ1n) is 11.5. The van der Waals surface area contributed by atoms with Gasteiger partial charge in [-0.1, -0.05) is 13.3 Å². The molecule has 0 radical (unpaired) electrons. The molecular formula is C23H37NO5S2. The fraction of sp³-hybridized carbons (Fsp3) is 0.783. The molecule has 8 heteroatoms. The molecule has 0 atom stereocenters. The highest BCUT2D eigenvalue weighted by Crippen LogP contribution is 2.39. The maximum absolute atomic E-state index is 13.7. The minimum Gasteiger partial charge on any atom is -0.459 e. The summed E-state index contributed by atoms with van der Waals surface area (Å²) in [7, 11) is -3.85. The lowest BCUT2D eigenvalue weighted by Crippen LogP contribution is -2.58. The van der Waals surface area contributed by atoms with Gasteiger partial charge in [0.1, 0.15) is 5.60 Å². The summed E-state index contributed by atoms with van der Waals surface area (Å²) in [4.78, 5) is 15.9. The SMILES string of the molecule is CCCCc1ccc(C2CCN(S(=O)(=O)C3(C(=O)OC(C)(C)C)CCOCC3)CC2)s1. The minimum atomic E-state index is -3.85. The molecule has 0 spiro atoms. The molecule has 3 heterocycles. The van der Waals surface area contributed by atoms with Crippen molar-refractivity contribution in [3.05, 3.63) is 21.9 Å². The van der Waals surface area contributed by atoms with E-state index in [0.29, 0.717) is 19.0 Å². The van der Waals surface area contributed by atoms with Crippen LogP contribution in [0.3, 0.4) is 0 Å². The normalized spacial score (nSPS) is 21.2. The van der Waals surface area contributed by atoms with E-state index in [1.54, 1.807) is 20.8 Å². The maximum atomic E-state index is 13.7. The first-order chi connectivity index (χ1) is 14.6. The Hall–Kier alpha value is -0.960. The molecule has 0 N–H and O–H groups in total. The maximum Gasteiger partial charge on any atom is 0.329 e. The Morgan fingerprint density at radius 1 is 1.23 bits per heavy atom. The summed E-state index contributed by atoms with van der Waals surface area (Å²) in [6.45, 7) is 8.91. The monoisotopic (exact) mass is 471 g/mol. The van der Waals surface area contributed by atoms with Gasteiger partial charge in [0.15, 0.2) is 4.75 Å². The van der Waals surface area contributed by atoms with E-state index in [0.717, 1.165) is 19.3 Å². The third-order valence-electron chi connectivity index (χ3n) is 6.22. The van der Waals surface area contributed by atoms with E-state index in [-0.39, 0.29) is 26.1 Å². The number of unbranched alkanes of at least 4 members (excludes halogenated alkanes) is 1. The van der Waals surface area contributed by atoms with Crippen LogP contribution in [0.15, 0.2) is 12.1 Å². The van der Waals surface area contributed by atoms with Gasteiger partial charge in [-0.3, -0.25) is 4.79 Å². The van der Waals surface area contributed by atoms with Crippen LogP contribution in [0.2, 0.25) is 0 Å². The molecule has 0 saturated carbocycles. The van der Waals surface area contributed by atoms with E-state index in [2.05, 4.69) is 19.1 Å². The number of nitrogens with zero attached hydrogens (tertiary/aromatic N) is 1. The second kappa shape index (κ2) is 9.89. The second-order valence-corrected chi connectivity index (χ2v) is 13.1. The van der Waals surface area contributed by atoms with Crippen molar-refractivity contribution in [3.8, 4) is 0 Å². The van der Waals surface area contributed by atoms with Crippen molar-refractivity contribution >= 4 is 27.3 Å². The number of hydrogen-bond acceptors (Lipinski definition) is 6. The molecule has 0 unspecified atom stereocenters. The molecule has 2 aliphatic heterocycles. The number of sulfonamides is 1. The standard InChI is InChI=1S/C23H37NO5S2/c1-5-6-7-19-8-9-20(30-19)18-10-14-24(15-11-18)31(26,27)23(12-16-28-17-13-23)21(25)29-22(2,3)4/h8-9,18H,5-7,10-17H2,1-4H3. The largest absolute Gasteiger partial charge is 0.459 e. The summed E-state index contributed by atoms with van der Waals surface area (Å²) in [6.07, 6.45) is 5.38. The molecule has 0 amide bonds. The van der Waals surface area contributed by atoms with Crippen LogP contribution in [-0.4, -0.2) is 55.3 Å². The van der Waals surface area contributed by atoms with Crippen molar-refractivity contribution in [2.24, 2.45) is 0 Å². The third kappa shape index (κ3) is 5.52. The number of aryl methyl sites for hydroxylation is 1. The topological polar surface area (TPSA) is 72.9 Å². The molecule has 3 rings (SSSR count). The van der Waals surface area contributed by atoms with Crippen LogP contribution >= 0.6 is 11.3 Å². The Kier molecular flexibility index (Phi) is 7.88. The summed E-state index contributed by atoms with van der Waals surface area (Å²) in [5.74, 6) is -0.247. The van der Waals surface area contributed by atoms with Gasteiger partial charge in [-0.2, -0.15) is 0 Å². The molecule has 1 aromatic rings. The van der Waals surface area contributed by atoms with E-state index >= 15 is 0 Å². The minimum absolute atomic E-state index is 0.149. The Balaban J connectivity index is 1.72. The van der Waals surface area contributed by atoms with Crippen molar-refractivity contribution < 1.29 is 22.7 Å². The lowest BCUT2D eigenvalue weighted by atomic mass is 9.96. The Morgan fingerprint density at radius 2 is 1.87 bits per heavy atom. The second-order valence-electron chi connectivity index (χ2n) is 9.69. The molecule has 6 nitrogen and oxygen atoms in total. The van der Waals surface area contributed by atoms with E-state index in [1.165, 1.54) is 26.9 Å². The van der Waals surface area contributed by atoms with Crippen molar-refractivity contribution in [2.75, 3.05) is 26.3 Å². The molecule has 31 heavy (non-hydrogen) atoms. The quantitative estimate of drug-likeness (QED) is 0.548. The van der Waals surface area contributed by atoms with Crippen molar-refractivity contribution in [1.29, 1.82) is 0 Å². The van der Waals surface area contributed by atoms with E-state index in [4.69, 9.17) is 9.47 Å². The predicted octanol–water partition coefficient (Wildman–Crippen LogP) is 4.49. The highest BCUT2D eigenvalue weighted by Gasteiger charge is 2.56. The van der Waals surface area contributed by atoms with E-state index in [9.17, 15) is 13.2 Å². The van der Waals surface area contributed by atoms with Crippen LogP contribution in [0.4, 0.5) is 0 Å². The number of carbonyl (C=O) groups is 1. The Bertz CT molecular complexity index is 842. The fourth-order valence-corrected chi connectivity index (χ4v) is 7.71. The van der Waals surface area contributed by atoms with Crippen LogP contribution in [0.1, 0.15) is 81.9 Å². The van der Waals surface area contributed by atoms with E-state index in [1.807, 2.05) is 11.3 Å². The van der Waals surface area contributed by atoms with Gasteiger partial charge in [0.2, 0.25) is 10.0 Å². The van der Waals surface area contributed by atoms with Gasteiger partial charge < -0.3 is 9.47 Å². The summed E-state index contributed by atoms with van der Waals surface area (Å²) in [6, 6.07) is 4.43. The third-order valence-corrected chi connectivity index (χ3v) is 10.1. The number of esters is 1. The molecule has 2 aliphatic rings. The van der Waals surface area contributed by atoms with Crippen molar-refractivity contribution in [1.82, 2.24) is 4.31 Å². The zero-order chi connectivity index (χ0) is 22.7. The zero-order valence-electron chi connectivity index (χ0n) is 19.3. The van der Waals surface area contributed by atoms with Crippen LogP contribution in [-0.2, 0) is 30.7 Å². The van der Waals surface area contributed by atoms with Crippen LogP contribution in [0, 0.1) is 0 Å². The molecule has 1 aromatic heterocycles. The predicted molar refractivity (Wildman–Crippen MR) is 124 cm³/mol. The summed E-state index contributed by atoms with van der Waals surface area (Å²) in [5, 5.41) is 0. The highest BCUT2D eigenvalue weighted by molar-refractivity contribution is 7.91. The van der Waals surface area contributed by atoms with Crippen LogP contribution in [0.25, 0.3) is 0 Å². The smallest absolute Gasteiger partial charge is 0.329 e. The van der Waals surface area contributed by atoms with Gasteiger partial charge in [-0.15, -0.1) is 11.3 Å². The Morgan fingerprint density at radius 3 is 2.45 bits per heavy atom. The van der Waals surface area contributed by atoms with Gasteiger partial charge >= 0.3 is 5.97 Å². The summed E-state index contributed by atoms with van der Waals surface area (Å²) >= 11 is 1.87. The lowest BCUT2D eigenvalue weighted by Gasteiger charge is -2.41. The number of carbonyl (C=O) groups excluding carboxylic acids is 1. The number of ether oxygens (including phenoxy) is 2. The average molecular weight is 472 g/mol. The van der Waals surface area contributed by atoms with Crippen molar-refractivity contribution in [2.45, 2.75) is 88.9 Å². The van der Waals surface area contributed by atoms with Gasteiger partial charge in [-0.25, -0.2) is 12.7 Å².